The quantitative estimate of drug-likeness (QED) is 0.604. The first kappa shape index (κ1) is 23.0. The summed E-state index contributed by atoms with van der Waals surface area (Å²) in [5.74, 6) is -0.196. The first-order valence-corrected chi connectivity index (χ1v) is 12.5. The average molecular weight is 442 g/mol. The predicted molar refractivity (Wildman–Crippen MR) is 126 cm³/mol. The normalized spacial score (nSPS) is 14.7. The zero-order valence-corrected chi connectivity index (χ0v) is 18.9. The van der Waals surface area contributed by atoms with E-state index in [2.05, 4.69) is 41.1 Å². The summed E-state index contributed by atoms with van der Waals surface area (Å²) in [5.41, 5.74) is 3.32. The van der Waals surface area contributed by atoms with Gasteiger partial charge in [-0.3, -0.25) is 14.0 Å². The number of carbonyl (C=O) groups is 1. The number of sulfonamides is 1. The Morgan fingerprint density at radius 2 is 1.65 bits per heavy atom. The van der Waals surface area contributed by atoms with E-state index >= 15 is 0 Å². The Balaban J connectivity index is 1.54. The number of piperidine rings is 1. The third-order valence-corrected chi connectivity index (χ3v) is 6.60. The van der Waals surface area contributed by atoms with Gasteiger partial charge in [0.15, 0.2) is 0 Å². The smallest absolute Gasteiger partial charge is 0.251 e. The van der Waals surface area contributed by atoms with Crippen molar-refractivity contribution in [1.82, 2.24) is 10.2 Å². The Labute approximate surface area is 185 Å². The summed E-state index contributed by atoms with van der Waals surface area (Å²) in [7, 11) is -3.41. The van der Waals surface area contributed by atoms with Crippen LogP contribution in [0.25, 0.3) is 0 Å². The van der Waals surface area contributed by atoms with Gasteiger partial charge in [-0.05, 0) is 61.3 Å². The number of anilines is 1. The van der Waals surface area contributed by atoms with Crippen molar-refractivity contribution in [1.29, 1.82) is 0 Å². The van der Waals surface area contributed by atoms with E-state index in [0.717, 1.165) is 18.4 Å². The lowest BCUT2D eigenvalue weighted by molar-refractivity contribution is 0.0951. The molecule has 3 rings (SSSR count). The van der Waals surface area contributed by atoms with Crippen LogP contribution < -0.4 is 9.62 Å². The molecule has 0 radical (unpaired) electrons. The fourth-order valence-electron chi connectivity index (χ4n) is 3.75. The molecule has 1 fully saturated rings. The molecule has 0 unspecified atom stereocenters. The van der Waals surface area contributed by atoms with Gasteiger partial charge in [-0.1, -0.05) is 36.8 Å². The zero-order chi connectivity index (χ0) is 22.3. The molecular formula is C24H31N3O3S. The van der Waals surface area contributed by atoms with Crippen LogP contribution in [0.4, 0.5) is 5.69 Å². The molecule has 31 heavy (non-hydrogen) atoms. The number of carbonyl (C=O) groups excluding carboxylic acids is 1. The maximum Gasteiger partial charge on any atom is 0.251 e. The van der Waals surface area contributed by atoms with Gasteiger partial charge >= 0.3 is 0 Å². The third-order valence-electron chi connectivity index (χ3n) is 5.44. The number of amides is 1. The number of nitrogens with one attached hydrogen (secondary N) is 1. The van der Waals surface area contributed by atoms with Crippen LogP contribution in [0.5, 0.6) is 0 Å². The first-order chi connectivity index (χ1) is 14.9. The molecule has 0 spiro atoms. The molecule has 0 aromatic heterocycles. The van der Waals surface area contributed by atoms with E-state index in [1.54, 1.807) is 24.3 Å². The second-order valence-corrected chi connectivity index (χ2v) is 9.87. The maximum atomic E-state index is 12.5. The van der Waals surface area contributed by atoms with Gasteiger partial charge in [-0.2, -0.15) is 0 Å². The van der Waals surface area contributed by atoms with Crippen molar-refractivity contribution < 1.29 is 13.2 Å². The van der Waals surface area contributed by atoms with Crippen LogP contribution in [-0.4, -0.2) is 45.1 Å². The molecule has 166 valence electrons. The van der Waals surface area contributed by atoms with Gasteiger partial charge in [0.2, 0.25) is 10.0 Å². The SMILES string of the molecule is C=CCN(c1ccc(C(=O)NCc2ccc(CN3CCCCC3)cc2)cc1)S(C)(=O)=O. The molecule has 2 aromatic rings. The van der Waals surface area contributed by atoms with Gasteiger partial charge in [0.05, 0.1) is 18.5 Å². The lowest BCUT2D eigenvalue weighted by atomic mass is 10.1. The Bertz CT molecular complexity index is 980. The monoisotopic (exact) mass is 441 g/mol. The van der Waals surface area contributed by atoms with Crippen LogP contribution >= 0.6 is 0 Å². The Kier molecular flexibility index (Phi) is 7.87. The maximum absolute atomic E-state index is 12.5. The van der Waals surface area contributed by atoms with Crippen molar-refractivity contribution >= 4 is 21.6 Å². The van der Waals surface area contributed by atoms with Crippen molar-refractivity contribution in [3.05, 3.63) is 77.9 Å². The zero-order valence-electron chi connectivity index (χ0n) is 18.1. The average Bonchev–Trinajstić information content (AvgIpc) is 2.77. The van der Waals surface area contributed by atoms with Crippen LogP contribution in [0, 0.1) is 0 Å². The standard InChI is InChI=1S/C24H31N3O3S/c1-3-15-27(31(2,29)30)23-13-11-22(12-14-23)24(28)25-18-20-7-9-21(10-8-20)19-26-16-5-4-6-17-26/h3,7-14H,1,4-6,15-19H2,2H3,(H,25,28). The number of hydrogen-bond acceptors (Lipinski definition) is 4. The van der Waals surface area contributed by atoms with Crippen molar-refractivity contribution in [2.45, 2.75) is 32.4 Å². The minimum atomic E-state index is -3.41. The topological polar surface area (TPSA) is 69.7 Å². The van der Waals surface area contributed by atoms with Gasteiger partial charge in [0.1, 0.15) is 0 Å². The van der Waals surface area contributed by atoms with Gasteiger partial charge in [0.25, 0.3) is 5.91 Å². The first-order valence-electron chi connectivity index (χ1n) is 10.6. The highest BCUT2D eigenvalue weighted by Gasteiger charge is 2.16. The molecule has 1 aliphatic heterocycles. The Morgan fingerprint density at radius 1 is 1.03 bits per heavy atom. The van der Waals surface area contributed by atoms with Crippen molar-refractivity contribution in [2.24, 2.45) is 0 Å². The fourth-order valence-corrected chi connectivity index (χ4v) is 4.63. The molecule has 0 atom stereocenters. The van der Waals surface area contributed by atoms with Crippen molar-refractivity contribution in [3.8, 4) is 0 Å². The van der Waals surface area contributed by atoms with E-state index < -0.39 is 10.0 Å². The number of hydrogen-bond donors (Lipinski definition) is 1. The number of benzene rings is 2. The van der Waals surface area contributed by atoms with Crippen LogP contribution in [0.1, 0.15) is 40.7 Å². The molecule has 0 aliphatic carbocycles. The second kappa shape index (κ2) is 10.6. The largest absolute Gasteiger partial charge is 0.348 e. The highest BCUT2D eigenvalue weighted by molar-refractivity contribution is 7.92. The Hall–Kier alpha value is -2.64. The Morgan fingerprint density at radius 3 is 2.23 bits per heavy atom. The lowest BCUT2D eigenvalue weighted by Gasteiger charge is -2.26. The predicted octanol–water partition coefficient (Wildman–Crippen LogP) is 3.55. The molecular weight excluding hydrogens is 410 g/mol. The third kappa shape index (κ3) is 6.67. The minimum Gasteiger partial charge on any atom is -0.348 e. The molecule has 2 aromatic carbocycles. The van der Waals surface area contributed by atoms with Gasteiger partial charge in [-0.25, -0.2) is 8.42 Å². The summed E-state index contributed by atoms with van der Waals surface area (Å²) >= 11 is 0. The lowest BCUT2D eigenvalue weighted by Crippen LogP contribution is -2.30. The summed E-state index contributed by atoms with van der Waals surface area (Å²) in [6, 6.07) is 14.9. The number of likely N-dealkylation sites (tertiary alicyclic amines) is 1. The van der Waals surface area contributed by atoms with Crippen molar-refractivity contribution in [3.63, 3.8) is 0 Å². The number of nitrogens with zero attached hydrogens (tertiary/aromatic N) is 2. The molecule has 1 aliphatic rings. The molecule has 0 bridgehead atoms. The van der Waals surface area contributed by atoms with E-state index in [4.69, 9.17) is 0 Å². The number of rotatable bonds is 9. The van der Waals surface area contributed by atoms with Crippen LogP contribution in [0.2, 0.25) is 0 Å². The van der Waals surface area contributed by atoms with Crippen LogP contribution in [-0.2, 0) is 23.1 Å². The summed E-state index contributed by atoms with van der Waals surface area (Å²) < 4.78 is 25.1. The van der Waals surface area contributed by atoms with Crippen LogP contribution in [0.3, 0.4) is 0 Å². The summed E-state index contributed by atoms with van der Waals surface area (Å²) in [6.07, 6.45) is 6.58. The van der Waals surface area contributed by atoms with E-state index in [1.165, 1.54) is 48.3 Å². The fraction of sp³-hybridized carbons (Fsp3) is 0.375. The summed E-state index contributed by atoms with van der Waals surface area (Å²) in [4.78, 5) is 15.0. The van der Waals surface area contributed by atoms with E-state index in [-0.39, 0.29) is 12.5 Å². The molecule has 1 N–H and O–H groups in total. The molecule has 1 heterocycles. The second-order valence-electron chi connectivity index (χ2n) is 7.97. The van der Waals surface area contributed by atoms with E-state index in [1.807, 2.05) is 0 Å². The molecule has 1 saturated heterocycles. The van der Waals surface area contributed by atoms with Gasteiger partial charge in [0, 0.05) is 18.7 Å². The van der Waals surface area contributed by atoms with E-state index in [0.29, 0.717) is 17.8 Å². The summed E-state index contributed by atoms with van der Waals surface area (Å²) in [6.45, 7) is 7.55. The molecule has 1 amide bonds. The van der Waals surface area contributed by atoms with E-state index in [9.17, 15) is 13.2 Å². The van der Waals surface area contributed by atoms with Crippen LogP contribution in [0.15, 0.2) is 61.2 Å². The highest BCUT2D eigenvalue weighted by atomic mass is 32.2. The van der Waals surface area contributed by atoms with Crippen molar-refractivity contribution in [2.75, 3.05) is 30.2 Å². The molecule has 7 heteroatoms. The highest BCUT2D eigenvalue weighted by Crippen LogP contribution is 2.18. The van der Waals surface area contributed by atoms with Gasteiger partial charge < -0.3 is 5.32 Å². The minimum absolute atomic E-state index is 0.179. The summed E-state index contributed by atoms with van der Waals surface area (Å²) in [5, 5.41) is 2.92. The molecule has 0 saturated carbocycles. The van der Waals surface area contributed by atoms with Gasteiger partial charge in [-0.15, -0.1) is 6.58 Å². The molecule has 6 nitrogen and oxygen atoms in total.